The van der Waals surface area contributed by atoms with E-state index >= 15 is 0 Å². The molecule has 0 saturated heterocycles. The van der Waals surface area contributed by atoms with Gasteiger partial charge in [0.1, 0.15) is 5.82 Å². The van der Waals surface area contributed by atoms with Crippen LogP contribution >= 0.6 is 15.9 Å². The highest BCUT2D eigenvalue weighted by Gasteiger charge is 2.50. The molecule has 1 saturated carbocycles. The maximum Gasteiger partial charge on any atom is 0.228 e. The Bertz CT molecular complexity index is 445. The van der Waals surface area contributed by atoms with Crippen molar-refractivity contribution in [1.82, 2.24) is 0 Å². The third-order valence-corrected chi connectivity index (χ3v) is 3.71. The molecule has 1 amide bonds. The van der Waals surface area contributed by atoms with Crippen LogP contribution in [0.3, 0.4) is 0 Å². The van der Waals surface area contributed by atoms with Crippen LogP contribution in [0.5, 0.6) is 0 Å². The Morgan fingerprint density at radius 1 is 1.56 bits per heavy atom. The quantitative estimate of drug-likeness (QED) is 0.884. The number of carbonyl (C=O) groups excluding carboxylic acids is 1. The van der Waals surface area contributed by atoms with Gasteiger partial charge in [0, 0.05) is 10.4 Å². The number of benzene rings is 1. The van der Waals surface area contributed by atoms with Gasteiger partial charge in [0.15, 0.2) is 0 Å². The second-order valence-electron chi connectivity index (χ2n) is 4.86. The molecule has 2 rings (SSSR count). The fourth-order valence-electron chi connectivity index (χ4n) is 1.73. The summed E-state index contributed by atoms with van der Waals surface area (Å²) in [6.45, 7) is 4.11. The van der Waals surface area contributed by atoms with Gasteiger partial charge in [-0.3, -0.25) is 4.79 Å². The highest BCUT2D eigenvalue weighted by Crippen LogP contribution is 2.52. The van der Waals surface area contributed by atoms with E-state index in [-0.39, 0.29) is 23.1 Å². The first-order chi connectivity index (χ1) is 7.40. The molecule has 1 fully saturated rings. The average Bonchev–Trinajstić information content (AvgIpc) is 2.82. The van der Waals surface area contributed by atoms with Crippen molar-refractivity contribution < 1.29 is 9.18 Å². The minimum atomic E-state index is -0.353. The van der Waals surface area contributed by atoms with Crippen LogP contribution in [-0.4, -0.2) is 5.91 Å². The summed E-state index contributed by atoms with van der Waals surface area (Å²) in [6.07, 6.45) is 0.895. The zero-order chi connectivity index (χ0) is 11.9. The van der Waals surface area contributed by atoms with Gasteiger partial charge in [0.2, 0.25) is 5.91 Å². The summed E-state index contributed by atoms with van der Waals surface area (Å²) in [5, 5.41) is 2.74. The molecule has 1 N–H and O–H groups in total. The molecule has 1 atom stereocenters. The van der Waals surface area contributed by atoms with Crippen LogP contribution in [0.1, 0.15) is 20.3 Å². The molecule has 1 aromatic rings. The van der Waals surface area contributed by atoms with Crippen molar-refractivity contribution in [3.05, 3.63) is 28.5 Å². The lowest BCUT2D eigenvalue weighted by Crippen LogP contribution is -2.16. The predicted octanol–water partition coefficient (Wildman–Crippen LogP) is 3.57. The van der Waals surface area contributed by atoms with Crippen LogP contribution < -0.4 is 5.32 Å². The molecule has 1 aromatic carbocycles. The molecule has 0 aliphatic heterocycles. The van der Waals surface area contributed by atoms with E-state index in [1.807, 2.05) is 0 Å². The van der Waals surface area contributed by atoms with E-state index < -0.39 is 0 Å². The summed E-state index contributed by atoms with van der Waals surface area (Å²) in [5.41, 5.74) is 0.580. The molecule has 0 bridgehead atoms. The molecule has 2 nitrogen and oxygen atoms in total. The summed E-state index contributed by atoms with van der Waals surface area (Å²) in [6, 6.07) is 4.25. The molecule has 1 aliphatic rings. The number of hydrogen-bond acceptors (Lipinski definition) is 1. The van der Waals surface area contributed by atoms with Crippen LogP contribution in [0.4, 0.5) is 10.1 Å². The maximum atomic E-state index is 13.0. The third-order valence-electron chi connectivity index (χ3n) is 3.02. The predicted molar refractivity (Wildman–Crippen MR) is 64.6 cm³/mol. The fourth-order valence-corrected chi connectivity index (χ4v) is 2.07. The fraction of sp³-hybridized carbons (Fsp3) is 0.417. The van der Waals surface area contributed by atoms with E-state index in [9.17, 15) is 9.18 Å². The van der Waals surface area contributed by atoms with Crippen molar-refractivity contribution in [2.24, 2.45) is 11.3 Å². The van der Waals surface area contributed by atoms with Crippen molar-refractivity contribution in [2.75, 3.05) is 5.32 Å². The first-order valence-electron chi connectivity index (χ1n) is 5.16. The Balaban J connectivity index is 2.10. The minimum absolute atomic E-state index is 0.0312. The Morgan fingerprint density at radius 2 is 2.19 bits per heavy atom. The lowest BCUT2D eigenvalue weighted by atomic mass is 10.1. The number of rotatable bonds is 2. The number of halogens is 2. The summed E-state index contributed by atoms with van der Waals surface area (Å²) in [5.74, 6) is -0.340. The molecule has 1 unspecified atom stereocenters. The Labute approximate surface area is 102 Å². The van der Waals surface area contributed by atoms with Gasteiger partial charge in [0.05, 0.1) is 5.69 Å². The monoisotopic (exact) mass is 285 g/mol. The molecule has 86 valence electrons. The average molecular weight is 286 g/mol. The molecule has 1 aliphatic carbocycles. The first-order valence-corrected chi connectivity index (χ1v) is 5.95. The number of anilines is 1. The summed E-state index contributed by atoms with van der Waals surface area (Å²) >= 11 is 3.28. The Kier molecular flexibility index (Phi) is 2.78. The first kappa shape index (κ1) is 11.6. The van der Waals surface area contributed by atoms with Gasteiger partial charge in [-0.25, -0.2) is 4.39 Å². The van der Waals surface area contributed by atoms with E-state index in [0.717, 1.165) is 6.42 Å². The highest BCUT2D eigenvalue weighted by molar-refractivity contribution is 9.10. The van der Waals surface area contributed by atoms with Gasteiger partial charge in [-0.05, 0) is 46.0 Å². The number of hydrogen-bond donors (Lipinski definition) is 1. The van der Waals surface area contributed by atoms with Gasteiger partial charge in [-0.15, -0.1) is 0 Å². The zero-order valence-electron chi connectivity index (χ0n) is 9.18. The van der Waals surface area contributed by atoms with Crippen molar-refractivity contribution >= 4 is 27.5 Å². The van der Waals surface area contributed by atoms with Crippen molar-refractivity contribution in [1.29, 1.82) is 0 Å². The molecule has 0 spiro atoms. The Morgan fingerprint density at radius 3 is 2.75 bits per heavy atom. The minimum Gasteiger partial charge on any atom is -0.325 e. The van der Waals surface area contributed by atoms with Gasteiger partial charge in [0.25, 0.3) is 0 Å². The molecule has 0 radical (unpaired) electrons. The van der Waals surface area contributed by atoms with Crippen molar-refractivity contribution in [3.63, 3.8) is 0 Å². The van der Waals surface area contributed by atoms with Crippen LogP contribution in [0.25, 0.3) is 0 Å². The zero-order valence-corrected chi connectivity index (χ0v) is 10.8. The van der Waals surface area contributed by atoms with E-state index in [1.54, 1.807) is 6.07 Å². The summed E-state index contributed by atoms with van der Waals surface area (Å²) in [4.78, 5) is 11.8. The van der Waals surface area contributed by atoms with E-state index in [2.05, 4.69) is 35.1 Å². The SMILES string of the molecule is CC1(C)CC1C(=O)Nc1cc(F)ccc1Br. The van der Waals surface area contributed by atoms with Gasteiger partial charge < -0.3 is 5.32 Å². The maximum absolute atomic E-state index is 13.0. The molecule has 0 aromatic heterocycles. The number of amides is 1. The standard InChI is InChI=1S/C12H13BrFNO/c1-12(2)6-8(12)11(16)15-10-5-7(14)3-4-9(10)13/h3-5,8H,6H2,1-2H3,(H,15,16). The molecule has 16 heavy (non-hydrogen) atoms. The lowest BCUT2D eigenvalue weighted by molar-refractivity contribution is -0.118. The molecular weight excluding hydrogens is 273 g/mol. The van der Waals surface area contributed by atoms with Crippen molar-refractivity contribution in [3.8, 4) is 0 Å². The number of nitrogens with one attached hydrogen (secondary N) is 1. The van der Waals surface area contributed by atoms with Gasteiger partial charge >= 0.3 is 0 Å². The number of carbonyl (C=O) groups is 1. The molecular formula is C12H13BrFNO. The largest absolute Gasteiger partial charge is 0.325 e. The van der Waals surface area contributed by atoms with Gasteiger partial charge in [-0.1, -0.05) is 13.8 Å². The molecule has 0 heterocycles. The summed E-state index contributed by atoms with van der Waals surface area (Å²) < 4.78 is 13.7. The second kappa shape index (κ2) is 3.84. The Hall–Kier alpha value is -0.900. The third kappa shape index (κ3) is 2.26. The van der Waals surface area contributed by atoms with Gasteiger partial charge in [-0.2, -0.15) is 0 Å². The summed E-state index contributed by atoms with van der Waals surface area (Å²) in [7, 11) is 0. The highest BCUT2D eigenvalue weighted by atomic mass is 79.9. The van der Waals surface area contributed by atoms with Crippen LogP contribution in [0.2, 0.25) is 0 Å². The molecule has 4 heteroatoms. The van der Waals surface area contributed by atoms with E-state index in [1.165, 1.54) is 12.1 Å². The normalized spacial score (nSPS) is 21.6. The van der Waals surface area contributed by atoms with E-state index in [4.69, 9.17) is 0 Å². The van der Waals surface area contributed by atoms with Crippen LogP contribution in [0, 0.1) is 17.2 Å². The topological polar surface area (TPSA) is 29.1 Å². The van der Waals surface area contributed by atoms with E-state index in [0.29, 0.717) is 10.2 Å². The van der Waals surface area contributed by atoms with Crippen LogP contribution in [0.15, 0.2) is 22.7 Å². The smallest absolute Gasteiger partial charge is 0.228 e. The van der Waals surface area contributed by atoms with Crippen LogP contribution in [-0.2, 0) is 4.79 Å². The lowest BCUT2D eigenvalue weighted by Gasteiger charge is -2.08. The second-order valence-corrected chi connectivity index (χ2v) is 5.71. The van der Waals surface area contributed by atoms with Crippen molar-refractivity contribution in [2.45, 2.75) is 20.3 Å².